The van der Waals surface area contributed by atoms with Crippen LogP contribution in [0.25, 0.3) is 0 Å². The van der Waals surface area contributed by atoms with Crippen molar-refractivity contribution in [1.29, 1.82) is 0 Å². The summed E-state index contributed by atoms with van der Waals surface area (Å²) in [4.78, 5) is 27.7. The SMILES string of the molecule is CCCNC(=O)[C@H](CC)Oc1ccc2c(c1)[C@H](c1ccc(C)cc1)N(C(=O)CC(C)C)CC2. The molecule has 5 heteroatoms. The summed E-state index contributed by atoms with van der Waals surface area (Å²) in [6.07, 6.45) is 2.29. The molecule has 0 aliphatic carbocycles. The molecule has 2 amide bonds. The van der Waals surface area contributed by atoms with Gasteiger partial charge in [0.1, 0.15) is 5.75 Å². The van der Waals surface area contributed by atoms with Crippen molar-refractivity contribution in [3.05, 3.63) is 64.7 Å². The minimum absolute atomic E-state index is 0.0825. The van der Waals surface area contributed by atoms with Crippen LogP contribution in [0.1, 0.15) is 75.3 Å². The van der Waals surface area contributed by atoms with Crippen LogP contribution < -0.4 is 10.1 Å². The van der Waals surface area contributed by atoms with E-state index in [1.807, 2.05) is 30.9 Å². The number of nitrogens with zero attached hydrogens (tertiary/aromatic N) is 1. The maximum atomic E-state index is 13.2. The van der Waals surface area contributed by atoms with Crippen LogP contribution in [0.4, 0.5) is 0 Å². The molecule has 2 aromatic rings. The fourth-order valence-corrected chi connectivity index (χ4v) is 4.36. The lowest BCUT2D eigenvalue weighted by Crippen LogP contribution is -2.41. The first-order valence-electron chi connectivity index (χ1n) is 12.3. The first-order valence-corrected chi connectivity index (χ1v) is 12.3. The van der Waals surface area contributed by atoms with Crippen LogP contribution in [0, 0.1) is 12.8 Å². The summed E-state index contributed by atoms with van der Waals surface area (Å²) < 4.78 is 6.14. The second-order valence-electron chi connectivity index (χ2n) is 9.41. The zero-order valence-corrected chi connectivity index (χ0v) is 20.7. The van der Waals surface area contributed by atoms with E-state index in [0.29, 0.717) is 37.6 Å². The van der Waals surface area contributed by atoms with Crippen molar-refractivity contribution in [1.82, 2.24) is 10.2 Å². The Bertz CT molecular complexity index is 952. The third-order valence-corrected chi connectivity index (χ3v) is 6.13. The van der Waals surface area contributed by atoms with E-state index in [9.17, 15) is 9.59 Å². The van der Waals surface area contributed by atoms with Gasteiger partial charge in [0, 0.05) is 19.5 Å². The van der Waals surface area contributed by atoms with E-state index in [1.54, 1.807) is 0 Å². The molecule has 1 aliphatic rings. The second-order valence-corrected chi connectivity index (χ2v) is 9.41. The Hall–Kier alpha value is -2.82. The van der Waals surface area contributed by atoms with Gasteiger partial charge >= 0.3 is 0 Å². The van der Waals surface area contributed by atoms with Crippen LogP contribution in [-0.4, -0.2) is 35.9 Å². The maximum absolute atomic E-state index is 13.2. The van der Waals surface area contributed by atoms with Crippen LogP contribution in [0.3, 0.4) is 0 Å². The van der Waals surface area contributed by atoms with E-state index in [2.05, 4.69) is 56.4 Å². The Morgan fingerprint density at radius 2 is 1.85 bits per heavy atom. The summed E-state index contributed by atoms with van der Waals surface area (Å²) in [5.74, 6) is 1.07. The molecule has 0 unspecified atom stereocenters. The number of hydrogen-bond acceptors (Lipinski definition) is 3. The predicted molar refractivity (Wildman–Crippen MR) is 132 cm³/mol. The minimum Gasteiger partial charge on any atom is -0.481 e. The Balaban J connectivity index is 1.96. The van der Waals surface area contributed by atoms with E-state index in [-0.39, 0.29) is 17.9 Å². The van der Waals surface area contributed by atoms with Gasteiger partial charge in [-0.1, -0.05) is 63.6 Å². The molecule has 5 nitrogen and oxygen atoms in total. The smallest absolute Gasteiger partial charge is 0.261 e. The largest absolute Gasteiger partial charge is 0.481 e. The van der Waals surface area contributed by atoms with Gasteiger partial charge in [-0.25, -0.2) is 0 Å². The number of carbonyl (C=O) groups is 2. The quantitative estimate of drug-likeness (QED) is 0.571. The lowest BCUT2D eigenvalue weighted by Gasteiger charge is -2.38. The van der Waals surface area contributed by atoms with Gasteiger partial charge in [-0.2, -0.15) is 0 Å². The van der Waals surface area contributed by atoms with Gasteiger partial charge in [-0.15, -0.1) is 0 Å². The van der Waals surface area contributed by atoms with Crippen molar-refractivity contribution >= 4 is 11.8 Å². The van der Waals surface area contributed by atoms with Crippen molar-refractivity contribution in [2.24, 2.45) is 5.92 Å². The Labute approximate surface area is 198 Å². The molecule has 33 heavy (non-hydrogen) atoms. The summed E-state index contributed by atoms with van der Waals surface area (Å²) in [5, 5.41) is 2.93. The van der Waals surface area contributed by atoms with Crippen molar-refractivity contribution < 1.29 is 14.3 Å². The summed E-state index contributed by atoms with van der Waals surface area (Å²) in [6.45, 7) is 11.6. The van der Waals surface area contributed by atoms with Crippen molar-refractivity contribution in [2.75, 3.05) is 13.1 Å². The van der Waals surface area contributed by atoms with Crippen LogP contribution >= 0.6 is 0 Å². The van der Waals surface area contributed by atoms with Crippen molar-refractivity contribution in [3.63, 3.8) is 0 Å². The summed E-state index contributed by atoms with van der Waals surface area (Å²) in [5.41, 5.74) is 4.60. The molecule has 0 bridgehead atoms. The average molecular weight is 451 g/mol. The number of nitrogens with one attached hydrogen (secondary N) is 1. The van der Waals surface area contributed by atoms with E-state index in [4.69, 9.17) is 4.74 Å². The number of hydrogen-bond donors (Lipinski definition) is 1. The molecule has 0 spiro atoms. The van der Waals surface area contributed by atoms with Crippen LogP contribution in [0.15, 0.2) is 42.5 Å². The number of ether oxygens (including phenoxy) is 1. The molecular weight excluding hydrogens is 412 g/mol. The highest BCUT2D eigenvalue weighted by Gasteiger charge is 2.32. The lowest BCUT2D eigenvalue weighted by molar-refractivity contribution is -0.134. The van der Waals surface area contributed by atoms with Gasteiger partial charge in [-0.05, 0) is 60.9 Å². The Morgan fingerprint density at radius 1 is 1.12 bits per heavy atom. The van der Waals surface area contributed by atoms with Crippen LogP contribution in [0.5, 0.6) is 5.75 Å². The number of fused-ring (bicyclic) bond motifs is 1. The van der Waals surface area contributed by atoms with E-state index in [1.165, 1.54) is 11.1 Å². The van der Waals surface area contributed by atoms with Crippen molar-refractivity contribution in [2.45, 2.75) is 72.4 Å². The highest BCUT2D eigenvalue weighted by Crippen LogP contribution is 2.38. The topological polar surface area (TPSA) is 58.6 Å². The third-order valence-electron chi connectivity index (χ3n) is 6.13. The van der Waals surface area contributed by atoms with Gasteiger partial charge in [0.05, 0.1) is 6.04 Å². The van der Waals surface area contributed by atoms with Gasteiger partial charge in [-0.3, -0.25) is 9.59 Å². The zero-order chi connectivity index (χ0) is 24.0. The maximum Gasteiger partial charge on any atom is 0.261 e. The minimum atomic E-state index is -0.533. The fourth-order valence-electron chi connectivity index (χ4n) is 4.36. The normalized spacial score (nSPS) is 16.3. The zero-order valence-electron chi connectivity index (χ0n) is 20.7. The number of amides is 2. The Morgan fingerprint density at radius 3 is 2.48 bits per heavy atom. The second kappa shape index (κ2) is 11.4. The molecule has 2 aromatic carbocycles. The highest BCUT2D eigenvalue weighted by atomic mass is 16.5. The van der Waals surface area contributed by atoms with Gasteiger partial charge < -0.3 is 15.0 Å². The van der Waals surface area contributed by atoms with Gasteiger partial charge in [0.15, 0.2) is 6.10 Å². The van der Waals surface area contributed by atoms with Gasteiger partial charge in [0.25, 0.3) is 5.91 Å². The van der Waals surface area contributed by atoms with E-state index >= 15 is 0 Å². The molecule has 3 rings (SSSR count). The average Bonchev–Trinajstić information content (AvgIpc) is 2.80. The standard InChI is InChI=1S/C28H38N2O3/c1-6-15-29-28(32)25(7-2)33-23-13-12-21-14-16-30(26(31)17-19(3)4)27(24(21)18-23)22-10-8-20(5)9-11-22/h8-13,18-19,25,27H,6-7,14-17H2,1-5H3,(H,29,32)/t25-,27-/m0/s1. The Kier molecular flexibility index (Phi) is 8.54. The predicted octanol–water partition coefficient (Wildman–Crippen LogP) is 5.20. The number of benzene rings is 2. The molecule has 0 fully saturated rings. The van der Waals surface area contributed by atoms with Gasteiger partial charge in [0.2, 0.25) is 5.91 Å². The molecule has 1 N–H and O–H groups in total. The molecule has 0 saturated heterocycles. The molecule has 0 saturated carbocycles. The summed E-state index contributed by atoms with van der Waals surface area (Å²) in [7, 11) is 0. The number of carbonyl (C=O) groups excluding carboxylic acids is 2. The first kappa shape index (κ1) is 24.8. The van der Waals surface area contributed by atoms with E-state index in [0.717, 1.165) is 24.0 Å². The third kappa shape index (κ3) is 6.16. The van der Waals surface area contributed by atoms with E-state index < -0.39 is 6.10 Å². The molecular formula is C28H38N2O3. The molecule has 2 atom stereocenters. The summed E-state index contributed by atoms with van der Waals surface area (Å²) >= 11 is 0. The molecule has 0 radical (unpaired) electrons. The molecule has 178 valence electrons. The monoisotopic (exact) mass is 450 g/mol. The molecule has 1 heterocycles. The number of rotatable bonds is 9. The van der Waals surface area contributed by atoms with Crippen LogP contribution in [-0.2, 0) is 16.0 Å². The molecule has 0 aromatic heterocycles. The number of aryl methyl sites for hydroxylation is 1. The van der Waals surface area contributed by atoms with Crippen molar-refractivity contribution in [3.8, 4) is 5.75 Å². The van der Waals surface area contributed by atoms with Crippen LogP contribution in [0.2, 0.25) is 0 Å². The lowest BCUT2D eigenvalue weighted by atomic mass is 9.87. The summed E-state index contributed by atoms with van der Waals surface area (Å²) in [6, 6.07) is 14.3. The molecule has 1 aliphatic heterocycles. The first-order chi connectivity index (χ1) is 15.8. The highest BCUT2D eigenvalue weighted by molar-refractivity contribution is 5.81. The fraction of sp³-hybridized carbons (Fsp3) is 0.500.